The topological polar surface area (TPSA) is 57.8 Å². The highest BCUT2D eigenvalue weighted by Crippen LogP contribution is 2.39. The van der Waals surface area contributed by atoms with Crippen LogP contribution in [-0.2, 0) is 0 Å². The molecule has 1 aromatic heterocycles. The first kappa shape index (κ1) is 21.2. The molecule has 0 spiro atoms. The number of anilines is 1. The molecule has 1 unspecified atom stereocenters. The number of hydrogen-bond acceptors (Lipinski definition) is 4. The van der Waals surface area contributed by atoms with E-state index in [2.05, 4.69) is 21.2 Å². The first-order valence-electron chi connectivity index (χ1n) is 9.00. The average molecular weight is 528 g/mol. The Hall–Kier alpha value is -1.99. The Morgan fingerprint density at radius 1 is 1.10 bits per heavy atom. The molecule has 154 valence electrons. The third-order valence-corrected chi connectivity index (χ3v) is 5.85. The minimum atomic E-state index is -0.311. The van der Waals surface area contributed by atoms with Crippen molar-refractivity contribution in [2.45, 2.75) is 12.5 Å². The van der Waals surface area contributed by atoms with Crippen molar-refractivity contribution in [2.75, 3.05) is 11.6 Å². The molecule has 1 N–H and O–H groups in total. The van der Waals surface area contributed by atoms with Crippen LogP contribution in [0.2, 0.25) is 15.1 Å². The summed E-state index contributed by atoms with van der Waals surface area (Å²) in [5.74, 6) is -0.0817. The van der Waals surface area contributed by atoms with E-state index in [-0.39, 0.29) is 24.3 Å². The Balaban J connectivity index is 1.58. The molecule has 1 amide bonds. The molecule has 0 aliphatic carbocycles. The van der Waals surface area contributed by atoms with Gasteiger partial charge in [-0.25, -0.2) is 0 Å². The molecule has 0 saturated heterocycles. The fourth-order valence-corrected chi connectivity index (χ4v) is 4.15. The second-order valence-electron chi connectivity index (χ2n) is 6.66. The van der Waals surface area contributed by atoms with E-state index in [0.29, 0.717) is 26.2 Å². The molecule has 2 heterocycles. The van der Waals surface area contributed by atoms with Crippen LogP contribution in [0.1, 0.15) is 28.6 Å². The van der Waals surface area contributed by atoms with Crippen LogP contribution in [0.15, 0.2) is 68.8 Å². The second kappa shape index (κ2) is 9.02. The number of nitrogens with one attached hydrogen (secondary N) is 1. The van der Waals surface area contributed by atoms with Crippen LogP contribution in [-0.4, -0.2) is 18.2 Å². The molecular formula is C21H15BrCl3N3O2. The van der Waals surface area contributed by atoms with Crippen molar-refractivity contribution in [3.05, 3.63) is 85.7 Å². The van der Waals surface area contributed by atoms with Crippen molar-refractivity contribution >= 4 is 68.0 Å². The molecule has 5 nitrogen and oxygen atoms in total. The van der Waals surface area contributed by atoms with E-state index in [0.717, 1.165) is 17.0 Å². The summed E-state index contributed by atoms with van der Waals surface area (Å²) in [4.78, 5) is 12.3. The Labute approximate surface area is 196 Å². The van der Waals surface area contributed by atoms with Gasteiger partial charge in [0.15, 0.2) is 10.4 Å². The predicted octanol–water partition coefficient (Wildman–Crippen LogP) is 6.74. The zero-order valence-corrected chi connectivity index (χ0v) is 19.3. The zero-order chi connectivity index (χ0) is 21.3. The minimum absolute atomic E-state index is 0.0920. The Morgan fingerprint density at radius 3 is 2.50 bits per heavy atom. The van der Waals surface area contributed by atoms with Crippen LogP contribution in [0.5, 0.6) is 0 Å². The summed E-state index contributed by atoms with van der Waals surface area (Å²) < 4.78 is 5.79. The summed E-state index contributed by atoms with van der Waals surface area (Å²) in [6.07, 6.45) is 0.614. The zero-order valence-electron chi connectivity index (χ0n) is 15.4. The van der Waals surface area contributed by atoms with E-state index in [9.17, 15) is 4.79 Å². The van der Waals surface area contributed by atoms with E-state index in [4.69, 9.17) is 44.3 Å². The first-order valence-corrected chi connectivity index (χ1v) is 10.9. The van der Waals surface area contributed by atoms with E-state index in [1.807, 2.05) is 35.3 Å². The summed E-state index contributed by atoms with van der Waals surface area (Å²) in [5.41, 5.74) is 2.57. The van der Waals surface area contributed by atoms with Gasteiger partial charge in [0.1, 0.15) is 0 Å². The highest BCUT2D eigenvalue weighted by molar-refractivity contribution is 9.10. The lowest BCUT2D eigenvalue weighted by Crippen LogP contribution is -2.28. The largest absolute Gasteiger partial charge is 0.444 e. The van der Waals surface area contributed by atoms with Crippen molar-refractivity contribution < 1.29 is 9.21 Å². The molecule has 0 bridgehead atoms. The quantitative estimate of drug-likeness (QED) is 0.400. The third kappa shape index (κ3) is 4.67. The van der Waals surface area contributed by atoms with Gasteiger partial charge in [-0.05, 0) is 64.0 Å². The summed E-state index contributed by atoms with van der Waals surface area (Å²) in [6, 6.07) is 16.1. The van der Waals surface area contributed by atoms with Gasteiger partial charge in [-0.15, -0.1) is 0 Å². The standard InChI is InChI=1S/C21H15BrCl3N3O2/c22-20-8-7-19(30-20)21(29)26-11-15-10-18(12-1-3-13(23)4-2-12)28(27-15)17-6-5-14(24)9-16(17)25/h1-9,18H,10-11H2,(H,26,29). The fraction of sp³-hybridized carbons (Fsp3) is 0.143. The van der Waals surface area contributed by atoms with Gasteiger partial charge < -0.3 is 9.73 Å². The predicted molar refractivity (Wildman–Crippen MR) is 124 cm³/mol. The molecule has 3 aromatic rings. The summed E-state index contributed by atoms with van der Waals surface area (Å²) in [7, 11) is 0. The maximum atomic E-state index is 12.3. The van der Waals surface area contributed by atoms with Crippen LogP contribution in [0.4, 0.5) is 5.69 Å². The van der Waals surface area contributed by atoms with Gasteiger partial charge in [0, 0.05) is 16.5 Å². The number of halogens is 4. The van der Waals surface area contributed by atoms with Crippen molar-refractivity contribution in [3.63, 3.8) is 0 Å². The number of rotatable bonds is 5. The summed E-state index contributed by atoms with van der Waals surface area (Å²) >= 11 is 21.7. The van der Waals surface area contributed by atoms with Crippen molar-refractivity contribution in [3.8, 4) is 0 Å². The normalized spacial score (nSPS) is 15.9. The summed E-state index contributed by atoms with van der Waals surface area (Å²) in [6.45, 7) is 0.281. The fourth-order valence-electron chi connectivity index (χ4n) is 3.22. The number of carbonyl (C=O) groups excluding carboxylic acids is 1. The minimum Gasteiger partial charge on any atom is -0.444 e. The van der Waals surface area contributed by atoms with Gasteiger partial charge >= 0.3 is 0 Å². The van der Waals surface area contributed by atoms with E-state index < -0.39 is 0 Å². The maximum Gasteiger partial charge on any atom is 0.287 e. The van der Waals surface area contributed by atoms with E-state index >= 15 is 0 Å². The number of amides is 1. The first-order chi connectivity index (χ1) is 14.4. The molecular weight excluding hydrogens is 513 g/mol. The molecule has 1 aliphatic rings. The number of furan rings is 1. The van der Waals surface area contributed by atoms with Gasteiger partial charge in [-0.1, -0.05) is 46.9 Å². The molecule has 2 aromatic carbocycles. The molecule has 9 heteroatoms. The number of carbonyl (C=O) groups is 1. The Morgan fingerprint density at radius 2 is 1.83 bits per heavy atom. The lowest BCUT2D eigenvalue weighted by atomic mass is 10.0. The number of nitrogens with zero attached hydrogens (tertiary/aromatic N) is 2. The Kier molecular flexibility index (Phi) is 6.39. The number of hydrogen-bond donors (Lipinski definition) is 1. The van der Waals surface area contributed by atoms with Gasteiger partial charge in [0.25, 0.3) is 5.91 Å². The van der Waals surface area contributed by atoms with E-state index in [1.54, 1.807) is 24.3 Å². The number of benzene rings is 2. The lowest BCUT2D eigenvalue weighted by molar-refractivity contribution is 0.0930. The van der Waals surface area contributed by atoms with Crippen molar-refractivity contribution in [2.24, 2.45) is 5.10 Å². The van der Waals surface area contributed by atoms with Crippen LogP contribution >= 0.6 is 50.7 Å². The molecule has 4 rings (SSSR count). The molecule has 1 atom stereocenters. The maximum absolute atomic E-state index is 12.3. The Bertz CT molecular complexity index is 1110. The molecule has 30 heavy (non-hydrogen) atoms. The second-order valence-corrected chi connectivity index (χ2v) is 8.73. The number of hydrazone groups is 1. The average Bonchev–Trinajstić information content (AvgIpc) is 3.33. The van der Waals surface area contributed by atoms with Gasteiger partial charge in [0.05, 0.1) is 29.0 Å². The van der Waals surface area contributed by atoms with Gasteiger partial charge in [-0.2, -0.15) is 5.10 Å². The van der Waals surface area contributed by atoms with E-state index in [1.165, 1.54) is 0 Å². The van der Waals surface area contributed by atoms with Crippen molar-refractivity contribution in [1.82, 2.24) is 5.32 Å². The lowest BCUT2D eigenvalue weighted by Gasteiger charge is -2.25. The molecule has 0 saturated carbocycles. The molecule has 1 aliphatic heterocycles. The van der Waals surface area contributed by atoms with Crippen LogP contribution in [0.3, 0.4) is 0 Å². The molecule has 0 fully saturated rings. The molecule has 0 radical (unpaired) electrons. The summed E-state index contributed by atoms with van der Waals surface area (Å²) in [5, 5.41) is 11.1. The van der Waals surface area contributed by atoms with Crippen LogP contribution in [0, 0.1) is 0 Å². The van der Waals surface area contributed by atoms with Gasteiger partial charge in [-0.3, -0.25) is 9.80 Å². The van der Waals surface area contributed by atoms with Crippen molar-refractivity contribution in [1.29, 1.82) is 0 Å². The third-order valence-electron chi connectivity index (χ3n) is 4.63. The van der Waals surface area contributed by atoms with Crippen LogP contribution in [0.25, 0.3) is 0 Å². The highest BCUT2D eigenvalue weighted by atomic mass is 79.9. The van der Waals surface area contributed by atoms with Gasteiger partial charge in [0.2, 0.25) is 0 Å². The smallest absolute Gasteiger partial charge is 0.287 e. The monoisotopic (exact) mass is 525 g/mol. The highest BCUT2D eigenvalue weighted by Gasteiger charge is 2.30. The SMILES string of the molecule is O=C(NCC1=NN(c2ccc(Cl)cc2Cl)C(c2ccc(Cl)cc2)C1)c1ccc(Br)o1. The van der Waals surface area contributed by atoms with Crippen LogP contribution < -0.4 is 10.3 Å².